The molecule has 0 unspecified atom stereocenters. The van der Waals surface area contributed by atoms with Gasteiger partial charge < -0.3 is 10.6 Å². The molecular weight excluding hydrogens is 232 g/mol. The Morgan fingerprint density at radius 3 is 2.53 bits per heavy atom. The van der Waals surface area contributed by atoms with Crippen molar-refractivity contribution < 1.29 is 4.79 Å². The maximum absolute atomic E-state index is 10.7. The lowest BCUT2D eigenvalue weighted by molar-refractivity contribution is 0.181. The minimum Gasteiger partial charge on any atom is -0.351 e. The summed E-state index contributed by atoms with van der Waals surface area (Å²) in [5, 5.41) is 1.20. The number of hydrogen-bond acceptors (Lipinski definition) is 2. The summed E-state index contributed by atoms with van der Waals surface area (Å²) in [4.78, 5) is 13.6. The maximum Gasteiger partial charge on any atom is 0.314 e. The van der Waals surface area contributed by atoms with Crippen LogP contribution in [0.2, 0.25) is 5.02 Å². The fourth-order valence-electron chi connectivity index (χ4n) is 1.40. The Labute approximate surface area is 97.6 Å². The van der Waals surface area contributed by atoms with E-state index in [0.717, 1.165) is 18.1 Å². The molecule has 1 aromatic rings. The average molecular weight is 243 g/mol. The molecule has 1 heterocycles. The van der Waals surface area contributed by atoms with Crippen LogP contribution < -0.4 is 5.73 Å². The van der Waals surface area contributed by atoms with Crippen molar-refractivity contribution in [2.24, 2.45) is 5.73 Å². The van der Waals surface area contributed by atoms with E-state index in [1.54, 1.807) is 16.7 Å². The normalized spacial score (nSPS) is 16.2. The van der Waals surface area contributed by atoms with Gasteiger partial charge in [0.25, 0.3) is 0 Å². The molecule has 0 bridgehead atoms. The van der Waals surface area contributed by atoms with Gasteiger partial charge in [0, 0.05) is 28.3 Å². The van der Waals surface area contributed by atoms with Crippen molar-refractivity contribution >= 4 is 29.4 Å². The fraction of sp³-hybridized carbons (Fsp3) is 0.300. The van der Waals surface area contributed by atoms with Crippen LogP contribution in [-0.4, -0.2) is 29.3 Å². The molecule has 2 N–H and O–H groups in total. The van der Waals surface area contributed by atoms with Crippen molar-refractivity contribution in [1.29, 1.82) is 0 Å². The first-order valence-electron chi connectivity index (χ1n) is 4.62. The molecule has 15 heavy (non-hydrogen) atoms. The Hall–Kier alpha value is -0.870. The van der Waals surface area contributed by atoms with Gasteiger partial charge in [-0.1, -0.05) is 11.6 Å². The molecule has 0 saturated carbocycles. The smallest absolute Gasteiger partial charge is 0.314 e. The Kier molecular flexibility index (Phi) is 3.07. The largest absolute Gasteiger partial charge is 0.351 e. The van der Waals surface area contributed by atoms with E-state index in [1.807, 2.05) is 24.3 Å². The second-order valence-electron chi connectivity index (χ2n) is 3.44. The Bertz CT molecular complexity index is 362. The average Bonchev–Trinajstić information content (AvgIpc) is 2.13. The predicted octanol–water partition coefficient (Wildman–Crippen LogP) is 2.20. The summed E-state index contributed by atoms with van der Waals surface area (Å²) >= 11 is 7.53. The molecule has 1 fully saturated rings. The van der Waals surface area contributed by atoms with E-state index in [0.29, 0.717) is 5.25 Å². The summed E-state index contributed by atoms with van der Waals surface area (Å²) in [6.07, 6.45) is 0. The van der Waals surface area contributed by atoms with E-state index >= 15 is 0 Å². The van der Waals surface area contributed by atoms with Crippen molar-refractivity contribution in [2.45, 2.75) is 10.1 Å². The van der Waals surface area contributed by atoms with Gasteiger partial charge in [0.05, 0.1) is 0 Å². The monoisotopic (exact) mass is 242 g/mol. The molecule has 80 valence electrons. The lowest BCUT2D eigenvalue weighted by Gasteiger charge is -2.37. The minimum absolute atomic E-state index is 0.331. The molecular formula is C10H11ClN2OS. The summed E-state index contributed by atoms with van der Waals surface area (Å²) in [5.41, 5.74) is 5.13. The van der Waals surface area contributed by atoms with Crippen LogP contribution in [0.1, 0.15) is 0 Å². The zero-order chi connectivity index (χ0) is 10.8. The number of nitrogens with two attached hydrogens (primary N) is 1. The quantitative estimate of drug-likeness (QED) is 0.864. The number of halogens is 1. The van der Waals surface area contributed by atoms with Gasteiger partial charge in [-0.25, -0.2) is 4.79 Å². The standard InChI is InChI=1S/C10H11ClN2OS/c11-7-1-3-8(4-2-7)15-9-5-13(6-9)10(12)14/h1-4,9H,5-6H2,(H2,12,14). The van der Waals surface area contributed by atoms with Crippen LogP contribution in [-0.2, 0) is 0 Å². The van der Waals surface area contributed by atoms with Gasteiger partial charge in [0.2, 0.25) is 0 Å². The second kappa shape index (κ2) is 4.33. The molecule has 0 aromatic heterocycles. The zero-order valence-electron chi connectivity index (χ0n) is 8.02. The topological polar surface area (TPSA) is 46.3 Å². The molecule has 5 heteroatoms. The van der Waals surface area contributed by atoms with Gasteiger partial charge in [0.1, 0.15) is 0 Å². The number of primary amides is 1. The molecule has 2 amide bonds. The van der Waals surface area contributed by atoms with Crippen LogP contribution in [0.25, 0.3) is 0 Å². The van der Waals surface area contributed by atoms with Crippen molar-refractivity contribution in [3.63, 3.8) is 0 Å². The van der Waals surface area contributed by atoms with Crippen LogP contribution in [0.4, 0.5) is 4.79 Å². The third-order valence-corrected chi connectivity index (χ3v) is 3.70. The molecule has 2 rings (SSSR count). The van der Waals surface area contributed by atoms with Gasteiger partial charge in [0.15, 0.2) is 0 Å². The summed E-state index contributed by atoms with van der Waals surface area (Å²) in [6, 6.07) is 7.38. The third kappa shape index (κ3) is 2.58. The third-order valence-electron chi connectivity index (χ3n) is 2.28. The molecule has 1 aliphatic heterocycles. The summed E-state index contributed by atoms with van der Waals surface area (Å²) < 4.78 is 0. The summed E-state index contributed by atoms with van der Waals surface area (Å²) in [6.45, 7) is 1.48. The van der Waals surface area contributed by atoms with E-state index in [2.05, 4.69) is 0 Å². The highest BCUT2D eigenvalue weighted by Gasteiger charge is 2.29. The fourth-order valence-corrected chi connectivity index (χ4v) is 2.71. The molecule has 1 saturated heterocycles. The van der Waals surface area contributed by atoms with Crippen molar-refractivity contribution in [2.75, 3.05) is 13.1 Å². The number of benzene rings is 1. The molecule has 1 aromatic carbocycles. The molecule has 0 spiro atoms. The molecule has 0 aliphatic carbocycles. The first-order valence-corrected chi connectivity index (χ1v) is 5.87. The highest BCUT2D eigenvalue weighted by molar-refractivity contribution is 8.00. The number of likely N-dealkylation sites (tertiary alicyclic amines) is 1. The zero-order valence-corrected chi connectivity index (χ0v) is 9.59. The summed E-state index contributed by atoms with van der Waals surface area (Å²) in [5.74, 6) is 0. The lowest BCUT2D eigenvalue weighted by Crippen LogP contribution is -2.54. The van der Waals surface area contributed by atoms with Crippen molar-refractivity contribution in [3.8, 4) is 0 Å². The number of carbonyl (C=O) groups excluding carboxylic acids is 1. The molecule has 0 radical (unpaired) electrons. The number of urea groups is 1. The first-order chi connectivity index (χ1) is 7.15. The predicted molar refractivity (Wildman–Crippen MR) is 62.3 cm³/mol. The number of nitrogens with zero attached hydrogens (tertiary/aromatic N) is 1. The van der Waals surface area contributed by atoms with E-state index < -0.39 is 0 Å². The minimum atomic E-state index is -0.331. The van der Waals surface area contributed by atoms with Crippen LogP contribution >= 0.6 is 23.4 Å². The van der Waals surface area contributed by atoms with Gasteiger partial charge in [-0.3, -0.25) is 0 Å². The first kappa shape index (κ1) is 10.6. The highest BCUT2D eigenvalue weighted by Crippen LogP contribution is 2.30. The van der Waals surface area contributed by atoms with Gasteiger partial charge in [-0.05, 0) is 24.3 Å². The van der Waals surface area contributed by atoms with Crippen LogP contribution in [0.15, 0.2) is 29.2 Å². The molecule has 1 aliphatic rings. The van der Waals surface area contributed by atoms with Crippen molar-refractivity contribution in [1.82, 2.24) is 4.90 Å². The van der Waals surface area contributed by atoms with Gasteiger partial charge in [-0.15, -0.1) is 11.8 Å². The van der Waals surface area contributed by atoms with Crippen molar-refractivity contribution in [3.05, 3.63) is 29.3 Å². The van der Waals surface area contributed by atoms with Gasteiger partial charge in [-0.2, -0.15) is 0 Å². The van der Waals surface area contributed by atoms with Crippen LogP contribution in [0.3, 0.4) is 0 Å². The number of hydrogen-bond donors (Lipinski definition) is 1. The Morgan fingerprint density at radius 1 is 1.40 bits per heavy atom. The van der Waals surface area contributed by atoms with Gasteiger partial charge >= 0.3 is 6.03 Å². The Balaban J connectivity index is 1.85. The Morgan fingerprint density at radius 2 is 2.00 bits per heavy atom. The number of thioether (sulfide) groups is 1. The number of carbonyl (C=O) groups is 1. The van der Waals surface area contributed by atoms with Crippen LogP contribution in [0, 0.1) is 0 Å². The van der Waals surface area contributed by atoms with E-state index in [1.165, 1.54) is 4.90 Å². The lowest BCUT2D eigenvalue weighted by atomic mass is 10.2. The maximum atomic E-state index is 10.7. The van der Waals surface area contributed by atoms with Crippen LogP contribution in [0.5, 0.6) is 0 Å². The second-order valence-corrected chi connectivity index (χ2v) is 5.25. The number of amides is 2. The molecule has 3 nitrogen and oxygen atoms in total. The van der Waals surface area contributed by atoms with E-state index in [4.69, 9.17) is 17.3 Å². The number of rotatable bonds is 2. The van der Waals surface area contributed by atoms with E-state index in [9.17, 15) is 4.79 Å². The van der Waals surface area contributed by atoms with E-state index in [-0.39, 0.29) is 6.03 Å². The highest BCUT2D eigenvalue weighted by atomic mass is 35.5. The summed E-state index contributed by atoms with van der Waals surface area (Å²) in [7, 11) is 0. The SMILES string of the molecule is NC(=O)N1CC(Sc2ccc(Cl)cc2)C1. The molecule has 0 atom stereocenters.